The van der Waals surface area contributed by atoms with Gasteiger partial charge in [0.15, 0.2) is 0 Å². The van der Waals surface area contributed by atoms with Crippen LogP contribution in [-0.2, 0) is 4.79 Å². The summed E-state index contributed by atoms with van der Waals surface area (Å²) in [4.78, 5) is 23.7. The highest BCUT2D eigenvalue weighted by molar-refractivity contribution is 6.30. The SMILES string of the molecule is CN(CC(=O)N1CCNCC1)c1ncc(Cl)cn1. The van der Waals surface area contributed by atoms with Gasteiger partial charge in [-0.3, -0.25) is 4.79 Å². The van der Waals surface area contributed by atoms with Crippen molar-refractivity contribution in [3.05, 3.63) is 17.4 Å². The number of halogens is 1. The number of amides is 1. The normalized spacial score (nSPS) is 15.6. The molecule has 0 radical (unpaired) electrons. The van der Waals surface area contributed by atoms with Crippen molar-refractivity contribution in [1.29, 1.82) is 0 Å². The highest BCUT2D eigenvalue weighted by Crippen LogP contribution is 2.09. The summed E-state index contributed by atoms with van der Waals surface area (Å²) in [5.41, 5.74) is 0. The lowest BCUT2D eigenvalue weighted by Gasteiger charge is -2.29. The molecule has 7 heteroatoms. The molecule has 1 aromatic heterocycles. The highest BCUT2D eigenvalue weighted by Gasteiger charge is 2.18. The van der Waals surface area contributed by atoms with Crippen LogP contribution in [0, 0.1) is 0 Å². The fraction of sp³-hybridized carbons (Fsp3) is 0.545. The van der Waals surface area contributed by atoms with Crippen molar-refractivity contribution < 1.29 is 4.79 Å². The molecule has 1 saturated heterocycles. The molecule has 0 atom stereocenters. The van der Waals surface area contributed by atoms with Crippen LogP contribution in [0.1, 0.15) is 0 Å². The number of piperazine rings is 1. The molecule has 0 spiro atoms. The number of rotatable bonds is 3. The first-order valence-corrected chi connectivity index (χ1v) is 6.22. The standard InChI is InChI=1S/C11H16ClN5O/c1-16(11-14-6-9(12)7-15-11)8-10(18)17-4-2-13-3-5-17/h6-7,13H,2-5,8H2,1H3. The molecule has 0 aromatic carbocycles. The zero-order valence-corrected chi connectivity index (χ0v) is 11.0. The summed E-state index contributed by atoms with van der Waals surface area (Å²) < 4.78 is 0. The third kappa shape index (κ3) is 3.30. The fourth-order valence-electron chi connectivity index (χ4n) is 1.79. The van der Waals surface area contributed by atoms with E-state index in [1.807, 2.05) is 4.90 Å². The Morgan fingerprint density at radius 1 is 1.44 bits per heavy atom. The van der Waals surface area contributed by atoms with Gasteiger partial charge in [0.25, 0.3) is 0 Å². The molecule has 98 valence electrons. The first-order chi connectivity index (χ1) is 8.66. The highest BCUT2D eigenvalue weighted by atomic mass is 35.5. The van der Waals surface area contributed by atoms with Gasteiger partial charge in [-0.05, 0) is 0 Å². The van der Waals surface area contributed by atoms with Crippen LogP contribution in [0.3, 0.4) is 0 Å². The molecule has 18 heavy (non-hydrogen) atoms. The zero-order chi connectivity index (χ0) is 13.0. The van der Waals surface area contributed by atoms with Crippen molar-refractivity contribution in [1.82, 2.24) is 20.2 Å². The summed E-state index contributed by atoms with van der Waals surface area (Å²) in [6.45, 7) is 3.50. The Balaban J connectivity index is 1.91. The first-order valence-electron chi connectivity index (χ1n) is 5.84. The number of nitrogens with zero attached hydrogens (tertiary/aromatic N) is 4. The topological polar surface area (TPSA) is 61.4 Å². The van der Waals surface area contributed by atoms with Gasteiger partial charge in [-0.15, -0.1) is 0 Å². The van der Waals surface area contributed by atoms with E-state index in [2.05, 4.69) is 15.3 Å². The monoisotopic (exact) mass is 269 g/mol. The Hall–Kier alpha value is -1.40. The number of carbonyl (C=O) groups excluding carboxylic acids is 1. The summed E-state index contributed by atoms with van der Waals surface area (Å²) >= 11 is 5.72. The summed E-state index contributed by atoms with van der Waals surface area (Å²) in [7, 11) is 1.79. The van der Waals surface area contributed by atoms with Crippen LogP contribution in [0.25, 0.3) is 0 Å². The molecule has 0 bridgehead atoms. The van der Waals surface area contributed by atoms with Crippen LogP contribution in [0.15, 0.2) is 12.4 Å². The molecule has 0 saturated carbocycles. The van der Waals surface area contributed by atoms with Gasteiger partial charge in [-0.2, -0.15) is 0 Å². The largest absolute Gasteiger partial charge is 0.339 e. The van der Waals surface area contributed by atoms with Gasteiger partial charge in [-0.1, -0.05) is 11.6 Å². The Morgan fingerprint density at radius 3 is 2.67 bits per heavy atom. The van der Waals surface area contributed by atoms with Gasteiger partial charge < -0.3 is 15.1 Å². The van der Waals surface area contributed by atoms with E-state index >= 15 is 0 Å². The molecule has 2 rings (SSSR count). The van der Waals surface area contributed by atoms with Crippen molar-refractivity contribution in [2.45, 2.75) is 0 Å². The Labute approximate surface area is 111 Å². The number of hydrogen-bond acceptors (Lipinski definition) is 5. The van der Waals surface area contributed by atoms with Crippen LogP contribution in [-0.4, -0.2) is 60.5 Å². The van der Waals surface area contributed by atoms with E-state index in [1.54, 1.807) is 11.9 Å². The third-order valence-electron chi connectivity index (χ3n) is 2.79. The smallest absolute Gasteiger partial charge is 0.242 e. The molecule has 0 unspecified atom stereocenters. The molecule has 1 aliphatic rings. The maximum Gasteiger partial charge on any atom is 0.242 e. The van der Waals surface area contributed by atoms with Crippen LogP contribution in [0.5, 0.6) is 0 Å². The number of aromatic nitrogens is 2. The summed E-state index contributed by atoms with van der Waals surface area (Å²) in [6.07, 6.45) is 3.05. The van der Waals surface area contributed by atoms with Gasteiger partial charge in [0.1, 0.15) is 0 Å². The minimum absolute atomic E-state index is 0.0950. The first kappa shape index (κ1) is 13.0. The van der Waals surface area contributed by atoms with Crippen molar-refractivity contribution in [3.63, 3.8) is 0 Å². The van der Waals surface area contributed by atoms with E-state index in [4.69, 9.17) is 11.6 Å². The lowest BCUT2D eigenvalue weighted by atomic mass is 10.3. The molecular formula is C11H16ClN5O. The van der Waals surface area contributed by atoms with E-state index in [0.717, 1.165) is 26.2 Å². The molecule has 1 amide bonds. The maximum absolute atomic E-state index is 12.0. The van der Waals surface area contributed by atoms with Gasteiger partial charge in [0.05, 0.1) is 24.0 Å². The maximum atomic E-state index is 12.0. The average molecular weight is 270 g/mol. The number of anilines is 1. The minimum atomic E-state index is 0.0950. The van der Waals surface area contributed by atoms with Gasteiger partial charge >= 0.3 is 0 Å². The van der Waals surface area contributed by atoms with Gasteiger partial charge in [0, 0.05) is 33.2 Å². The van der Waals surface area contributed by atoms with Crippen molar-refractivity contribution in [3.8, 4) is 0 Å². The molecule has 2 heterocycles. The van der Waals surface area contributed by atoms with Crippen LogP contribution in [0.2, 0.25) is 5.02 Å². The minimum Gasteiger partial charge on any atom is -0.339 e. The van der Waals surface area contributed by atoms with Crippen LogP contribution < -0.4 is 10.2 Å². The van der Waals surface area contributed by atoms with E-state index in [1.165, 1.54) is 12.4 Å². The molecule has 1 fully saturated rings. The molecule has 0 aliphatic carbocycles. The number of hydrogen-bond donors (Lipinski definition) is 1. The van der Waals surface area contributed by atoms with Crippen molar-refractivity contribution >= 4 is 23.5 Å². The molecule has 1 aliphatic heterocycles. The Kier molecular flexibility index (Phi) is 4.33. The Bertz CT molecular complexity index is 404. The van der Waals surface area contributed by atoms with E-state index < -0.39 is 0 Å². The third-order valence-corrected chi connectivity index (χ3v) is 2.99. The quantitative estimate of drug-likeness (QED) is 0.837. The predicted octanol–water partition coefficient (Wildman–Crippen LogP) is -0.00200. The molecule has 1 aromatic rings. The number of nitrogens with one attached hydrogen (secondary N) is 1. The average Bonchev–Trinajstić information content (AvgIpc) is 2.40. The number of carbonyl (C=O) groups is 1. The van der Waals surface area contributed by atoms with Crippen LogP contribution in [0.4, 0.5) is 5.95 Å². The lowest BCUT2D eigenvalue weighted by Crippen LogP contribution is -2.49. The lowest BCUT2D eigenvalue weighted by molar-refractivity contribution is -0.130. The Morgan fingerprint density at radius 2 is 2.06 bits per heavy atom. The zero-order valence-electron chi connectivity index (χ0n) is 10.3. The van der Waals surface area contributed by atoms with E-state index in [9.17, 15) is 4.79 Å². The van der Waals surface area contributed by atoms with Crippen LogP contribution >= 0.6 is 11.6 Å². The summed E-state index contributed by atoms with van der Waals surface area (Å²) in [5, 5.41) is 3.70. The second-order valence-corrected chi connectivity index (χ2v) is 4.62. The number of likely N-dealkylation sites (N-methyl/N-ethyl adjacent to an activating group) is 1. The van der Waals surface area contributed by atoms with E-state index in [-0.39, 0.29) is 12.5 Å². The second kappa shape index (κ2) is 5.97. The molecule has 6 nitrogen and oxygen atoms in total. The van der Waals surface area contributed by atoms with Gasteiger partial charge in [-0.25, -0.2) is 9.97 Å². The summed E-state index contributed by atoms with van der Waals surface area (Å²) in [6, 6.07) is 0. The van der Waals surface area contributed by atoms with Crippen molar-refractivity contribution in [2.24, 2.45) is 0 Å². The molecular weight excluding hydrogens is 254 g/mol. The second-order valence-electron chi connectivity index (χ2n) is 4.19. The molecule has 1 N–H and O–H groups in total. The summed E-state index contributed by atoms with van der Waals surface area (Å²) in [5.74, 6) is 0.598. The van der Waals surface area contributed by atoms with Crippen molar-refractivity contribution in [2.75, 3.05) is 44.7 Å². The van der Waals surface area contributed by atoms with Gasteiger partial charge in [0.2, 0.25) is 11.9 Å². The van der Waals surface area contributed by atoms with E-state index in [0.29, 0.717) is 11.0 Å². The predicted molar refractivity (Wildman–Crippen MR) is 69.8 cm³/mol. The fourth-order valence-corrected chi connectivity index (χ4v) is 1.89.